The molecule has 2 N–H and O–H groups in total. The third kappa shape index (κ3) is 2.48. The van der Waals surface area contributed by atoms with E-state index < -0.39 is 17.2 Å². The van der Waals surface area contributed by atoms with E-state index in [4.69, 9.17) is 10.5 Å². The van der Waals surface area contributed by atoms with Crippen molar-refractivity contribution in [1.82, 2.24) is 0 Å². The van der Waals surface area contributed by atoms with E-state index in [0.717, 1.165) is 18.9 Å². The Morgan fingerprint density at radius 2 is 2.24 bits per heavy atom. The summed E-state index contributed by atoms with van der Waals surface area (Å²) < 4.78 is 32.2. The maximum atomic E-state index is 13.5. The van der Waals surface area contributed by atoms with E-state index in [2.05, 4.69) is 0 Å². The van der Waals surface area contributed by atoms with Gasteiger partial charge >= 0.3 is 0 Å². The summed E-state index contributed by atoms with van der Waals surface area (Å²) in [4.78, 5) is 0. The Kier molecular flexibility index (Phi) is 3.45. The van der Waals surface area contributed by atoms with E-state index in [1.54, 1.807) is 6.07 Å². The Balaban J connectivity index is 2.12. The van der Waals surface area contributed by atoms with Crippen LogP contribution in [0.2, 0.25) is 0 Å². The van der Waals surface area contributed by atoms with E-state index in [1.807, 2.05) is 6.92 Å². The first-order valence-corrected chi connectivity index (χ1v) is 5.85. The number of benzene rings is 1. The molecule has 2 unspecified atom stereocenters. The molecule has 1 fully saturated rings. The van der Waals surface area contributed by atoms with Gasteiger partial charge in [-0.1, -0.05) is 12.1 Å². The molecule has 4 heteroatoms. The Bertz CT molecular complexity index is 402. The van der Waals surface area contributed by atoms with Gasteiger partial charge in [0.25, 0.3) is 0 Å². The van der Waals surface area contributed by atoms with Crippen LogP contribution in [0, 0.1) is 11.6 Å². The number of halogens is 2. The van der Waals surface area contributed by atoms with Crippen LogP contribution in [-0.4, -0.2) is 18.2 Å². The summed E-state index contributed by atoms with van der Waals surface area (Å²) in [5.74, 6) is -1.63. The standard InChI is InChI=1S/C13H17F2NO/c1-13(6-3-7-17-13)11(16)8-9-4-2-5-10(14)12(9)15/h2,4-5,11H,3,6-8,16H2,1H3. The molecule has 2 rings (SSSR count). The fraction of sp³-hybridized carbons (Fsp3) is 0.538. The van der Waals surface area contributed by atoms with Gasteiger partial charge in [-0.3, -0.25) is 0 Å². The van der Waals surface area contributed by atoms with E-state index in [9.17, 15) is 8.78 Å². The quantitative estimate of drug-likeness (QED) is 0.882. The zero-order valence-electron chi connectivity index (χ0n) is 9.88. The fourth-order valence-electron chi connectivity index (χ4n) is 2.25. The van der Waals surface area contributed by atoms with Gasteiger partial charge in [0.2, 0.25) is 0 Å². The largest absolute Gasteiger partial charge is 0.374 e. The average molecular weight is 241 g/mol. The molecule has 0 aromatic heterocycles. The van der Waals surface area contributed by atoms with Crippen LogP contribution in [0.4, 0.5) is 8.78 Å². The van der Waals surface area contributed by atoms with Crippen molar-refractivity contribution in [2.45, 2.75) is 37.8 Å². The lowest BCUT2D eigenvalue weighted by molar-refractivity contribution is -0.00110. The van der Waals surface area contributed by atoms with Crippen LogP contribution in [0.25, 0.3) is 0 Å². The third-order valence-electron chi connectivity index (χ3n) is 3.51. The minimum absolute atomic E-state index is 0.292. The SMILES string of the molecule is CC1(C(N)Cc2cccc(F)c2F)CCCO1. The van der Waals surface area contributed by atoms with Crippen molar-refractivity contribution in [3.05, 3.63) is 35.4 Å². The first-order valence-electron chi connectivity index (χ1n) is 5.85. The minimum atomic E-state index is -0.827. The van der Waals surface area contributed by atoms with Gasteiger partial charge < -0.3 is 10.5 Å². The van der Waals surface area contributed by atoms with Crippen molar-refractivity contribution in [3.63, 3.8) is 0 Å². The van der Waals surface area contributed by atoms with E-state index in [1.165, 1.54) is 6.07 Å². The number of nitrogens with two attached hydrogens (primary N) is 1. The maximum absolute atomic E-state index is 13.5. The van der Waals surface area contributed by atoms with Crippen LogP contribution in [-0.2, 0) is 11.2 Å². The van der Waals surface area contributed by atoms with Gasteiger partial charge in [0.05, 0.1) is 5.60 Å². The van der Waals surface area contributed by atoms with Gasteiger partial charge in [-0.05, 0) is 37.8 Å². The lowest BCUT2D eigenvalue weighted by Crippen LogP contribution is -2.46. The molecule has 0 radical (unpaired) electrons. The van der Waals surface area contributed by atoms with Crippen LogP contribution in [0.15, 0.2) is 18.2 Å². The average Bonchev–Trinajstić information content (AvgIpc) is 2.73. The second-order valence-corrected chi connectivity index (χ2v) is 4.79. The summed E-state index contributed by atoms with van der Waals surface area (Å²) in [5, 5.41) is 0. The van der Waals surface area contributed by atoms with Crippen LogP contribution < -0.4 is 5.73 Å². The molecule has 1 saturated heterocycles. The lowest BCUT2D eigenvalue weighted by atomic mass is 9.89. The lowest BCUT2D eigenvalue weighted by Gasteiger charge is -2.30. The smallest absolute Gasteiger partial charge is 0.162 e. The van der Waals surface area contributed by atoms with E-state index >= 15 is 0 Å². The predicted octanol–water partition coefficient (Wildman–Crippen LogP) is 2.40. The number of ether oxygens (including phenoxy) is 1. The highest BCUT2D eigenvalue weighted by atomic mass is 19.2. The van der Waals surface area contributed by atoms with Crippen molar-refractivity contribution in [1.29, 1.82) is 0 Å². The zero-order valence-corrected chi connectivity index (χ0v) is 9.88. The molecular formula is C13H17F2NO. The first kappa shape index (κ1) is 12.5. The van der Waals surface area contributed by atoms with Crippen molar-refractivity contribution >= 4 is 0 Å². The van der Waals surface area contributed by atoms with Crippen molar-refractivity contribution in [2.75, 3.05) is 6.61 Å². The fourth-order valence-corrected chi connectivity index (χ4v) is 2.25. The van der Waals surface area contributed by atoms with Gasteiger partial charge in [-0.15, -0.1) is 0 Å². The molecular weight excluding hydrogens is 224 g/mol. The Morgan fingerprint density at radius 3 is 2.88 bits per heavy atom. The molecule has 2 nitrogen and oxygen atoms in total. The van der Waals surface area contributed by atoms with Gasteiger partial charge in [0.1, 0.15) is 0 Å². The molecule has 94 valence electrons. The third-order valence-corrected chi connectivity index (χ3v) is 3.51. The first-order chi connectivity index (χ1) is 8.03. The summed E-state index contributed by atoms with van der Waals surface area (Å²) >= 11 is 0. The molecule has 1 aromatic rings. The second-order valence-electron chi connectivity index (χ2n) is 4.79. The van der Waals surface area contributed by atoms with Crippen molar-refractivity contribution in [3.8, 4) is 0 Å². The molecule has 1 heterocycles. The molecule has 0 saturated carbocycles. The Morgan fingerprint density at radius 1 is 1.47 bits per heavy atom. The molecule has 17 heavy (non-hydrogen) atoms. The highest BCUT2D eigenvalue weighted by Crippen LogP contribution is 2.29. The van der Waals surface area contributed by atoms with Crippen LogP contribution >= 0.6 is 0 Å². The minimum Gasteiger partial charge on any atom is -0.374 e. The summed E-state index contributed by atoms with van der Waals surface area (Å²) in [6, 6.07) is 3.86. The molecule has 0 spiro atoms. The number of hydrogen-bond acceptors (Lipinski definition) is 2. The van der Waals surface area contributed by atoms with Gasteiger partial charge in [-0.2, -0.15) is 0 Å². The monoisotopic (exact) mass is 241 g/mol. The zero-order chi connectivity index (χ0) is 12.5. The molecule has 0 amide bonds. The van der Waals surface area contributed by atoms with Gasteiger partial charge in [0, 0.05) is 12.6 Å². The van der Waals surface area contributed by atoms with Crippen molar-refractivity contribution in [2.24, 2.45) is 5.73 Å². The molecule has 1 aliphatic heterocycles. The predicted molar refractivity (Wildman–Crippen MR) is 61.6 cm³/mol. The van der Waals surface area contributed by atoms with Crippen molar-refractivity contribution < 1.29 is 13.5 Å². The number of rotatable bonds is 3. The molecule has 2 atom stereocenters. The molecule has 1 aromatic carbocycles. The number of hydrogen-bond donors (Lipinski definition) is 1. The van der Waals surface area contributed by atoms with E-state index in [-0.39, 0.29) is 6.04 Å². The Hall–Kier alpha value is -1.00. The van der Waals surface area contributed by atoms with Gasteiger partial charge in [0.15, 0.2) is 11.6 Å². The summed E-state index contributed by atoms with van der Waals surface area (Å²) in [6.45, 7) is 2.62. The summed E-state index contributed by atoms with van der Waals surface area (Å²) in [5.41, 5.74) is 5.95. The van der Waals surface area contributed by atoms with Crippen LogP contribution in [0.3, 0.4) is 0 Å². The maximum Gasteiger partial charge on any atom is 0.162 e. The van der Waals surface area contributed by atoms with E-state index in [0.29, 0.717) is 18.6 Å². The highest BCUT2D eigenvalue weighted by Gasteiger charge is 2.36. The van der Waals surface area contributed by atoms with Gasteiger partial charge in [-0.25, -0.2) is 8.78 Å². The molecule has 1 aliphatic rings. The summed E-state index contributed by atoms with van der Waals surface area (Å²) in [6.07, 6.45) is 2.13. The second kappa shape index (κ2) is 4.70. The molecule has 0 aliphatic carbocycles. The normalized spacial score (nSPS) is 26.1. The van der Waals surface area contributed by atoms with Crippen LogP contribution in [0.1, 0.15) is 25.3 Å². The topological polar surface area (TPSA) is 35.2 Å². The Labute approximate surface area is 99.8 Å². The van der Waals surface area contributed by atoms with Crippen LogP contribution in [0.5, 0.6) is 0 Å². The summed E-state index contributed by atoms with van der Waals surface area (Å²) in [7, 11) is 0. The highest BCUT2D eigenvalue weighted by molar-refractivity contribution is 5.20. The molecule has 0 bridgehead atoms.